The van der Waals surface area contributed by atoms with Gasteiger partial charge in [0.1, 0.15) is 0 Å². The molecule has 0 saturated carbocycles. The summed E-state index contributed by atoms with van der Waals surface area (Å²) < 4.78 is 45.9. The normalized spacial score (nSPS) is 11.5. The van der Waals surface area contributed by atoms with Gasteiger partial charge in [0, 0.05) is 36.3 Å². The molecule has 0 amide bonds. The van der Waals surface area contributed by atoms with Crippen molar-refractivity contribution < 1.29 is 27.7 Å². The highest BCUT2D eigenvalue weighted by Gasteiger charge is 2.28. The molecule has 0 unspecified atom stereocenters. The van der Waals surface area contributed by atoms with Crippen LogP contribution < -0.4 is 18.5 Å². The number of aliphatic hydroxyl groups is 1. The zero-order valence-corrected chi connectivity index (χ0v) is 17.6. The second-order valence-electron chi connectivity index (χ2n) is 6.33. The van der Waals surface area contributed by atoms with Crippen molar-refractivity contribution in [1.82, 2.24) is 4.57 Å². The number of benzene rings is 2. The van der Waals surface area contributed by atoms with Crippen LogP contribution in [-0.2, 0) is 17.1 Å². The van der Waals surface area contributed by atoms with Gasteiger partial charge in [0.25, 0.3) is 10.0 Å². The number of methoxy groups -OCH3 is 3. The topological polar surface area (TPSA) is 90.2 Å². The Morgan fingerprint density at radius 1 is 1.00 bits per heavy atom. The van der Waals surface area contributed by atoms with E-state index < -0.39 is 10.0 Å². The number of ether oxygens (including phenoxy) is 3. The summed E-state index contributed by atoms with van der Waals surface area (Å²) >= 11 is 0. The molecule has 0 atom stereocenters. The number of anilines is 1. The first-order chi connectivity index (χ1) is 13.9. The lowest BCUT2D eigenvalue weighted by Crippen LogP contribution is -2.33. The molecule has 1 aromatic heterocycles. The molecule has 8 nitrogen and oxygen atoms in total. The van der Waals surface area contributed by atoms with Gasteiger partial charge in [-0.2, -0.15) is 0 Å². The number of nitrogens with zero attached hydrogens (tertiary/aromatic N) is 2. The Kier molecular flexibility index (Phi) is 5.90. The average Bonchev–Trinajstić information content (AvgIpc) is 3.10. The third-order valence-electron chi connectivity index (χ3n) is 4.69. The van der Waals surface area contributed by atoms with Gasteiger partial charge in [-0.15, -0.1) is 0 Å². The van der Waals surface area contributed by atoms with E-state index in [1.54, 1.807) is 12.1 Å². The Morgan fingerprint density at radius 2 is 1.66 bits per heavy atom. The van der Waals surface area contributed by atoms with Gasteiger partial charge < -0.3 is 23.9 Å². The summed E-state index contributed by atoms with van der Waals surface area (Å²) in [7, 11) is 2.18. The summed E-state index contributed by atoms with van der Waals surface area (Å²) in [6, 6.07) is 10.0. The Morgan fingerprint density at radius 3 is 2.21 bits per heavy atom. The summed E-state index contributed by atoms with van der Waals surface area (Å²) in [4.78, 5) is -0.0337. The van der Waals surface area contributed by atoms with Crippen molar-refractivity contribution in [2.45, 2.75) is 4.90 Å². The van der Waals surface area contributed by atoms with Crippen molar-refractivity contribution in [1.29, 1.82) is 0 Å². The van der Waals surface area contributed by atoms with Gasteiger partial charge in [-0.3, -0.25) is 4.31 Å². The molecular weight excluding hydrogens is 396 g/mol. The molecule has 0 bridgehead atoms. The molecule has 0 aliphatic rings. The SMILES string of the molecule is COc1cc(S(=O)(=O)N(CCO)c2ccc3c(ccn3C)c2)cc(OC)c1OC. The smallest absolute Gasteiger partial charge is 0.264 e. The van der Waals surface area contributed by atoms with Gasteiger partial charge in [0.15, 0.2) is 11.5 Å². The van der Waals surface area contributed by atoms with E-state index in [-0.39, 0.29) is 29.5 Å². The Bertz CT molecular complexity index is 1100. The summed E-state index contributed by atoms with van der Waals surface area (Å²) in [6.07, 6.45) is 1.90. The van der Waals surface area contributed by atoms with E-state index in [4.69, 9.17) is 14.2 Å². The lowest BCUT2D eigenvalue weighted by molar-refractivity contribution is 0.306. The quantitative estimate of drug-likeness (QED) is 0.602. The number of aromatic nitrogens is 1. The van der Waals surface area contributed by atoms with Crippen LogP contribution in [0, 0.1) is 0 Å². The van der Waals surface area contributed by atoms with Crippen molar-refractivity contribution in [2.75, 3.05) is 38.8 Å². The molecule has 1 N–H and O–H groups in total. The molecule has 9 heteroatoms. The molecule has 2 aromatic carbocycles. The minimum Gasteiger partial charge on any atom is -0.493 e. The van der Waals surface area contributed by atoms with Crippen molar-refractivity contribution in [3.63, 3.8) is 0 Å². The van der Waals surface area contributed by atoms with Crippen molar-refractivity contribution in [3.8, 4) is 17.2 Å². The zero-order valence-electron chi connectivity index (χ0n) is 16.7. The van der Waals surface area contributed by atoms with Crippen molar-refractivity contribution >= 4 is 26.6 Å². The molecule has 0 radical (unpaired) electrons. The number of fused-ring (bicyclic) bond motifs is 1. The van der Waals surface area contributed by atoms with E-state index >= 15 is 0 Å². The molecule has 3 aromatic rings. The number of aliphatic hydroxyl groups excluding tert-OH is 1. The molecule has 0 aliphatic heterocycles. The van der Waals surface area contributed by atoms with Gasteiger partial charge >= 0.3 is 0 Å². The second kappa shape index (κ2) is 8.22. The number of hydrogen-bond donors (Lipinski definition) is 1. The highest BCUT2D eigenvalue weighted by Crippen LogP contribution is 2.40. The maximum Gasteiger partial charge on any atom is 0.264 e. The predicted molar refractivity (Wildman–Crippen MR) is 111 cm³/mol. The van der Waals surface area contributed by atoms with Crippen LogP contribution in [0.2, 0.25) is 0 Å². The summed E-state index contributed by atoms with van der Waals surface area (Å²) in [5, 5.41) is 10.4. The second-order valence-corrected chi connectivity index (χ2v) is 8.19. The van der Waals surface area contributed by atoms with Crippen LogP contribution in [0.4, 0.5) is 5.69 Å². The third kappa shape index (κ3) is 3.70. The predicted octanol–water partition coefficient (Wildman–Crippen LogP) is 2.39. The first kappa shape index (κ1) is 20.8. The number of sulfonamides is 1. The Labute approximate surface area is 169 Å². The fourth-order valence-corrected chi connectivity index (χ4v) is 4.72. The fourth-order valence-electron chi connectivity index (χ4n) is 3.24. The maximum absolute atomic E-state index is 13.5. The summed E-state index contributed by atoms with van der Waals surface area (Å²) in [6.45, 7) is -0.437. The molecule has 156 valence electrons. The largest absolute Gasteiger partial charge is 0.493 e. The molecule has 0 fully saturated rings. The number of hydrogen-bond acceptors (Lipinski definition) is 6. The Hall–Kier alpha value is -2.91. The van der Waals surface area contributed by atoms with E-state index in [0.29, 0.717) is 11.4 Å². The van der Waals surface area contributed by atoms with E-state index in [1.165, 1.54) is 37.8 Å². The summed E-state index contributed by atoms with van der Waals surface area (Å²) in [5.74, 6) is 0.758. The van der Waals surface area contributed by atoms with Crippen LogP contribution >= 0.6 is 0 Å². The lowest BCUT2D eigenvalue weighted by atomic mass is 10.2. The maximum atomic E-state index is 13.5. The molecule has 0 saturated heterocycles. The zero-order chi connectivity index (χ0) is 21.2. The monoisotopic (exact) mass is 420 g/mol. The lowest BCUT2D eigenvalue weighted by Gasteiger charge is -2.25. The first-order valence-electron chi connectivity index (χ1n) is 8.86. The average molecular weight is 420 g/mol. The Balaban J connectivity index is 2.15. The van der Waals surface area contributed by atoms with Crippen molar-refractivity contribution in [3.05, 3.63) is 42.6 Å². The van der Waals surface area contributed by atoms with Gasteiger partial charge in [-0.25, -0.2) is 8.42 Å². The standard InChI is InChI=1S/C20H24N2O6S/c1-21-8-7-14-11-15(5-6-17(14)21)22(9-10-23)29(24,25)16-12-18(26-2)20(28-4)19(13-16)27-3/h5-8,11-13,23H,9-10H2,1-4H3. The molecular formula is C20H24N2O6S. The van der Waals surface area contributed by atoms with Crippen LogP contribution in [-0.4, -0.2) is 52.6 Å². The summed E-state index contributed by atoms with van der Waals surface area (Å²) in [5.41, 5.74) is 1.43. The fraction of sp³-hybridized carbons (Fsp3) is 0.300. The van der Waals surface area contributed by atoms with E-state index in [2.05, 4.69) is 0 Å². The highest BCUT2D eigenvalue weighted by molar-refractivity contribution is 7.92. The van der Waals surface area contributed by atoms with E-state index in [9.17, 15) is 13.5 Å². The van der Waals surface area contributed by atoms with Crippen LogP contribution in [0.1, 0.15) is 0 Å². The van der Waals surface area contributed by atoms with Gasteiger partial charge in [-0.05, 0) is 24.3 Å². The van der Waals surface area contributed by atoms with E-state index in [1.807, 2.05) is 29.9 Å². The van der Waals surface area contributed by atoms with Gasteiger partial charge in [0.2, 0.25) is 5.75 Å². The molecule has 3 rings (SSSR count). The van der Waals surface area contributed by atoms with Crippen LogP contribution in [0.5, 0.6) is 17.2 Å². The van der Waals surface area contributed by atoms with Crippen LogP contribution in [0.15, 0.2) is 47.5 Å². The van der Waals surface area contributed by atoms with Gasteiger partial charge in [-0.1, -0.05) is 0 Å². The van der Waals surface area contributed by atoms with Crippen LogP contribution in [0.3, 0.4) is 0 Å². The first-order valence-corrected chi connectivity index (χ1v) is 10.3. The molecule has 0 spiro atoms. The molecule has 1 heterocycles. The minimum absolute atomic E-state index is 0.0337. The molecule has 0 aliphatic carbocycles. The van der Waals surface area contributed by atoms with Crippen LogP contribution in [0.25, 0.3) is 10.9 Å². The number of aryl methyl sites for hydroxylation is 1. The van der Waals surface area contributed by atoms with Gasteiger partial charge in [0.05, 0.1) is 45.1 Å². The van der Waals surface area contributed by atoms with Crippen molar-refractivity contribution in [2.24, 2.45) is 7.05 Å². The number of rotatable bonds is 8. The highest BCUT2D eigenvalue weighted by atomic mass is 32.2. The minimum atomic E-state index is -4.02. The molecule has 29 heavy (non-hydrogen) atoms. The van der Waals surface area contributed by atoms with E-state index in [0.717, 1.165) is 10.9 Å². The third-order valence-corrected chi connectivity index (χ3v) is 6.49.